The van der Waals surface area contributed by atoms with E-state index in [0.717, 1.165) is 11.6 Å². The molecule has 26 heavy (non-hydrogen) atoms. The van der Waals surface area contributed by atoms with Crippen LogP contribution >= 0.6 is 0 Å². The molecule has 9 heteroatoms. The second kappa shape index (κ2) is 6.66. The zero-order chi connectivity index (χ0) is 18.9. The summed E-state index contributed by atoms with van der Waals surface area (Å²) in [6, 6.07) is 9.34. The highest BCUT2D eigenvalue weighted by Crippen LogP contribution is 2.33. The Balaban J connectivity index is 1.70. The number of carbonyl (C=O) groups excluding carboxylic acids is 1. The number of carbonyl (C=O) groups is 1. The number of ether oxygens (including phenoxy) is 1. The third-order valence-corrected chi connectivity index (χ3v) is 3.59. The summed E-state index contributed by atoms with van der Waals surface area (Å²) < 4.78 is 56.5. The number of fused-ring (bicyclic) bond motifs is 1. The lowest BCUT2D eigenvalue weighted by atomic mass is 10.2. The molecule has 5 nitrogen and oxygen atoms in total. The molecule has 136 valence electrons. The summed E-state index contributed by atoms with van der Waals surface area (Å²) in [5.41, 5.74) is -0.264. The Morgan fingerprint density at radius 2 is 1.96 bits per heavy atom. The first-order chi connectivity index (χ1) is 12.2. The van der Waals surface area contributed by atoms with Crippen molar-refractivity contribution in [1.29, 1.82) is 0 Å². The fourth-order valence-corrected chi connectivity index (χ4v) is 2.35. The maximum absolute atomic E-state index is 13.3. The molecule has 2 aromatic carbocycles. The summed E-state index contributed by atoms with van der Waals surface area (Å²) in [5, 5.41) is 2.15. The lowest BCUT2D eigenvalue weighted by Gasteiger charge is -2.13. The van der Waals surface area contributed by atoms with Gasteiger partial charge in [-0.25, -0.2) is 14.2 Å². The number of amides is 1. The van der Waals surface area contributed by atoms with Crippen LogP contribution in [0.5, 0.6) is 0 Å². The van der Waals surface area contributed by atoms with Crippen molar-refractivity contribution in [2.45, 2.75) is 19.2 Å². The number of hydrogen-bond acceptors (Lipinski definition) is 3. The quantitative estimate of drug-likeness (QED) is 0.638. The smallest absolute Gasteiger partial charge is 0.419 e. The summed E-state index contributed by atoms with van der Waals surface area (Å²) in [7, 11) is 0. The lowest BCUT2D eigenvalue weighted by molar-refractivity contribution is -0.139. The molecule has 0 aliphatic heterocycles. The molecule has 0 saturated heterocycles. The highest BCUT2D eigenvalue weighted by Gasteiger charge is 2.34. The van der Waals surface area contributed by atoms with E-state index in [-0.39, 0.29) is 5.69 Å². The van der Waals surface area contributed by atoms with Crippen LogP contribution in [-0.2, 0) is 10.9 Å². The summed E-state index contributed by atoms with van der Waals surface area (Å²) in [6.45, 7) is 1.56. The van der Waals surface area contributed by atoms with Gasteiger partial charge in [0.15, 0.2) is 6.10 Å². The van der Waals surface area contributed by atoms with E-state index in [0.29, 0.717) is 23.5 Å². The van der Waals surface area contributed by atoms with Crippen molar-refractivity contribution in [3.8, 4) is 0 Å². The number of nitrogens with one attached hydrogen (secondary N) is 2. The van der Waals surface area contributed by atoms with Crippen LogP contribution in [0.25, 0.3) is 11.0 Å². The number of para-hydroxylation sites is 2. The van der Waals surface area contributed by atoms with Gasteiger partial charge in [-0.2, -0.15) is 13.2 Å². The molecule has 1 atom stereocenters. The molecule has 0 saturated carbocycles. The van der Waals surface area contributed by atoms with E-state index in [1.807, 2.05) is 6.07 Å². The number of hydrogen-bond donors (Lipinski definition) is 2. The van der Waals surface area contributed by atoms with Crippen molar-refractivity contribution < 1.29 is 27.1 Å². The van der Waals surface area contributed by atoms with E-state index in [1.54, 1.807) is 25.1 Å². The first kappa shape index (κ1) is 17.7. The van der Waals surface area contributed by atoms with Crippen molar-refractivity contribution in [2.75, 3.05) is 5.32 Å². The highest BCUT2D eigenvalue weighted by atomic mass is 19.4. The Kier molecular flexibility index (Phi) is 4.54. The zero-order valence-corrected chi connectivity index (χ0v) is 13.4. The summed E-state index contributed by atoms with van der Waals surface area (Å²) in [4.78, 5) is 19.2. The van der Waals surface area contributed by atoms with Gasteiger partial charge in [-0.15, -0.1) is 0 Å². The van der Waals surface area contributed by atoms with Crippen LogP contribution in [0.3, 0.4) is 0 Å². The maximum atomic E-state index is 13.3. The highest BCUT2D eigenvalue weighted by molar-refractivity contribution is 5.85. The van der Waals surface area contributed by atoms with Crippen LogP contribution in [0.2, 0.25) is 0 Å². The van der Waals surface area contributed by atoms with E-state index in [9.17, 15) is 22.4 Å². The maximum Gasteiger partial charge on any atom is 0.419 e. The van der Waals surface area contributed by atoms with Gasteiger partial charge in [0.05, 0.1) is 16.6 Å². The summed E-state index contributed by atoms with van der Waals surface area (Å²) in [6.07, 6.45) is -6.63. The van der Waals surface area contributed by atoms with Crippen LogP contribution in [0.1, 0.15) is 24.4 Å². The van der Waals surface area contributed by atoms with Crippen LogP contribution in [0, 0.1) is 5.82 Å². The average Bonchev–Trinajstić information content (AvgIpc) is 2.99. The molecule has 3 rings (SSSR count). The lowest BCUT2D eigenvalue weighted by Crippen LogP contribution is -2.17. The molecule has 1 aromatic heterocycles. The monoisotopic (exact) mass is 367 g/mol. The molecular weight excluding hydrogens is 354 g/mol. The Hall–Kier alpha value is -3.10. The molecule has 0 radical (unpaired) electrons. The first-order valence-corrected chi connectivity index (χ1v) is 7.53. The predicted octanol–water partition coefficient (Wildman–Crippen LogP) is 5.03. The molecule has 3 aromatic rings. The number of halogens is 4. The molecule has 0 spiro atoms. The van der Waals surface area contributed by atoms with Crippen molar-refractivity contribution in [3.05, 3.63) is 59.7 Å². The minimum Gasteiger partial charge on any atom is -0.438 e. The topological polar surface area (TPSA) is 67.0 Å². The van der Waals surface area contributed by atoms with Gasteiger partial charge in [-0.1, -0.05) is 12.1 Å². The van der Waals surface area contributed by atoms with Gasteiger partial charge >= 0.3 is 12.3 Å². The number of imidazole rings is 1. The molecule has 1 amide bonds. The van der Waals surface area contributed by atoms with Crippen LogP contribution in [0.4, 0.5) is 28.0 Å². The van der Waals surface area contributed by atoms with E-state index in [2.05, 4.69) is 15.3 Å². The van der Waals surface area contributed by atoms with Gasteiger partial charge in [0, 0.05) is 5.69 Å². The van der Waals surface area contributed by atoms with E-state index in [1.165, 1.54) is 0 Å². The summed E-state index contributed by atoms with van der Waals surface area (Å²) >= 11 is 0. The fourth-order valence-electron chi connectivity index (χ4n) is 2.35. The minimum atomic E-state index is -4.87. The van der Waals surface area contributed by atoms with E-state index >= 15 is 0 Å². The first-order valence-electron chi connectivity index (χ1n) is 7.53. The number of H-pyrrole nitrogens is 1. The number of nitrogens with zero attached hydrogens (tertiary/aromatic N) is 1. The predicted molar refractivity (Wildman–Crippen MR) is 86.0 cm³/mol. The van der Waals surface area contributed by atoms with Crippen molar-refractivity contribution in [3.63, 3.8) is 0 Å². The molecule has 0 aliphatic carbocycles. The van der Waals surface area contributed by atoms with Crippen molar-refractivity contribution in [1.82, 2.24) is 9.97 Å². The van der Waals surface area contributed by atoms with Crippen LogP contribution in [0.15, 0.2) is 42.5 Å². The number of alkyl halides is 3. The fraction of sp³-hybridized carbons (Fsp3) is 0.176. The number of aromatic amines is 1. The van der Waals surface area contributed by atoms with E-state index in [4.69, 9.17) is 4.74 Å². The number of anilines is 1. The normalized spacial score (nSPS) is 12.8. The molecule has 2 N–H and O–H groups in total. The second-order valence-corrected chi connectivity index (χ2v) is 5.50. The van der Waals surface area contributed by atoms with Crippen molar-refractivity contribution in [2.24, 2.45) is 0 Å². The minimum absolute atomic E-state index is 0.236. The molecule has 0 aliphatic rings. The number of benzene rings is 2. The molecule has 0 bridgehead atoms. The molecule has 1 heterocycles. The SMILES string of the molecule is CC(OC(=O)Nc1ccc(F)c(C(F)(F)F)c1)c1nc2ccccc2[nH]1. The largest absolute Gasteiger partial charge is 0.438 e. The second-order valence-electron chi connectivity index (χ2n) is 5.50. The van der Waals surface area contributed by atoms with Crippen LogP contribution in [-0.4, -0.2) is 16.1 Å². The van der Waals surface area contributed by atoms with Gasteiger partial charge in [0.25, 0.3) is 0 Å². The molecule has 1 unspecified atom stereocenters. The number of aromatic nitrogens is 2. The van der Waals surface area contributed by atoms with Gasteiger partial charge in [0.2, 0.25) is 0 Å². The molecular formula is C17H13F4N3O2. The van der Waals surface area contributed by atoms with Gasteiger partial charge in [0.1, 0.15) is 11.6 Å². The van der Waals surface area contributed by atoms with Gasteiger partial charge in [-0.3, -0.25) is 5.32 Å². The van der Waals surface area contributed by atoms with Gasteiger partial charge < -0.3 is 9.72 Å². The Morgan fingerprint density at radius 1 is 1.23 bits per heavy atom. The third kappa shape index (κ3) is 3.76. The molecule has 0 fully saturated rings. The third-order valence-electron chi connectivity index (χ3n) is 3.59. The number of rotatable bonds is 3. The summed E-state index contributed by atoms with van der Waals surface area (Å²) in [5.74, 6) is -1.04. The van der Waals surface area contributed by atoms with Gasteiger partial charge in [-0.05, 0) is 37.3 Å². The zero-order valence-electron chi connectivity index (χ0n) is 13.4. The Morgan fingerprint density at radius 3 is 2.65 bits per heavy atom. The standard InChI is InChI=1S/C17H13F4N3O2/c1-9(15-23-13-4-2-3-5-14(13)24-15)26-16(25)22-10-6-7-12(18)11(8-10)17(19,20)21/h2-9H,1H3,(H,22,25)(H,23,24). The van der Waals surface area contributed by atoms with Crippen LogP contribution < -0.4 is 5.32 Å². The Bertz CT molecular complexity index is 920. The Labute approximate surface area is 145 Å². The average molecular weight is 367 g/mol. The van der Waals surface area contributed by atoms with Crippen molar-refractivity contribution >= 4 is 22.8 Å². The van der Waals surface area contributed by atoms with E-state index < -0.39 is 29.8 Å².